The molecular formula is C15H31N3O. The van der Waals surface area contributed by atoms with Crippen LogP contribution in [0.25, 0.3) is 0 Å². The monoisotopic (exact) mass is 269 g/mol. The van der Waals surface area contributed by atoms with E-state index < -0.39 is 0 Å². The molecule has 0 spiro atoms. The minimum Gasteiger partial charge on any atom is -0.381 e. The van der Waals surface area contributed by atoms with Gasteiger partial charge < -0.3 is 15.4 Å². The van der Waals surface area contributed by atoms with Crippen molar-refractivity contribution in [3.05, 3.63) is 0 Å². The smallest absolute Gasteiger partial charge is 0.0572 e. The third-order valence-electron chi connectivity index (χ3n) is 5.47. The molecule has 0 bridgehead atoms. The van der Waals surface area contributed by atoms with Gasteiger partial charge >= 0.3 is 0 Å². The number of hydrogen-bond donors (Lipinski definition) is 1. The van der Waals surface area contributed by atoms with Crippen molar-refractivity contribution in [3.8, 4) is 0 Å². The highest BCUT2D eigenvalue weighted by molar-refractivity contribution is 4.98. The highest BCUT2D eigenvalue weighted by atomic mass is 16.5. The number of likely N-dealkylation sites (N-methyl/N-ethyl adjacent to an activating group) is 2. The van der Waals surface area contributed by atoms with Crippen molar-refractivity contribution in [2.75, 3.05) is 40.8 Å². The fourth-order valence-corrected chi connectivity index (χ4v) is 3.91. The van der Waals surface area contributed by atoms with E-state index in [-0.39, 0.29) is 5.54 Å². The van der Waals surface area contributed by atoms with Crippen LogP contribution in [0.5, 0.6) is 0 Å². The van der Waals surface area contributed by atoms with Crippen LogP contribution in [0.1, 0.15) is 38.5 Å². The van der Waals surface area contributed by atoms with Crippen LogP contribution in [0, 0.1) is 0 Å². The van der Waals surface area contributed by atoms with Crippen LogP contribution in [0.15, 0.2) is 0 Å². The molecule has 1 aliphatic carbocycles. The van der Waals surface area contributed by atoms with Gasteiger partial charge in [0.1, 0.15) is 0 Å². The standard InChI is InChI=1S/C15H31N3O/c1-17-10-4-5-13(11-17)18(2)15(12-16)8-6-14(19-3)7-9-15/h13-14H,4-12,16H2,1-3H3. The van der Waals surface area contributed by atoms with Gasteiger partial charge in [-0.25, -0.2) is 0 Å². The Labute approximate surface area is 118 Å². The fourth-order valence-electron chi connectivity index (χ4n) is 3.91. The molecule has 0 aromatic carbocycles. The van der Waals surface area contributed by atoms with Crippen molar-refractivity contribution in [1.29, 1.82) is 0 Å². The number of methoxy groups -OCH3 is 1. The fraction of sp³-hybridized carbons (Fsp3) is 1.00. The van der Waals surface area contributed by atoms with E-state index in [2.05, 4.69) is 23.9 Å². The summed E-state index contributed by atoms with van der Waals surface area (Å²) >= 11 is 0. The van der Waals surface area contributed by atoms with Crippen LogP contribution in [-0.2, 0) is 4.74 Å². The summed E-state index contributed by atoms with van der Waals surface area (Å²) in [6.07, 6.45) is 7.74. The lowest BCUT2D eigenvalue weighted by molar-refractivity contribution is -0.0254. The molecule has 4 nitrogen and oxygen atoms in total. The number of rotatable bonds is 4. The van der Waals surface area contributed by atoms with E-state index in [9.17, 15) is 0 Å². The molecule has 1 atom stereocenters. The highest BCUT2D eigenvalue weighted by Crippen LogP contribution is 2.35. The molecule has 2 rings (SSSR count). The van der Waals surface area contributed by atoms with Gasteiger partial charge in [0.05, 0.1) is 6.10 Å². The second kappa shape index (κ2) is 6.53. The van der Waals surface area contributed by atoms with Gasteiger partial charge in [0.2, 0.25) is 0 Å². The number of likely N-dealkylation sites (tertiary alicyclic amines) is 1. The molecule has 4 heteroatoms. The van der Waals surface area contributed by atoms with Crippen molar-refractivity contribution in [3.63, 3.8) is 0 Å². The Bertz CT molecular complexity index is 277. The van der Waals surface area contributed by atoms with E-state index in [0.717, 1.165) is 19.4 Å². The number of nitrogens with two attached hydrogens (primary N) is 1. The van der Waals surface area contributed by atoms with E-state index in [4.69, 9.17) is 10.5 Å². The molecule has 1 aliphatic heterocycles. The third kappa shape index (κ3) is 3.30. The first-order chi connectivity index (χ1) is 9.11. The summed E-state index contributed by atoms with van der Waals surface area (Å²) in [4.78, 5) is 5.06. The zero-order valence-corrected chi connectivity index (χ0v) is 12.9. The average Bonchev–Trinajstić information content (AvgIpc) is 2.46. The van der Waals surface area contributed by atoms with E-state index in [1.165, 1.54) is 38.8 Å². The topological polar surface area (TPSA) is 41.7 Å². The van der Waals surface area contributed by atoms with Crippen LogP contribution in [0.4, 0.5) is 0 Å². The second-order valence-electron chi connectivity index (χ2n) is 6.53. The van der Waals surface area contributed by atoms with E-state index in [1.54, 1.807) is 0 Å². The van der Waals surface area contributed by atoms with E-state index in [0.29, 0.717) is 12.1 Å². The first-order valence-corrected chi connectivity index (χ1v) is 7.75. The highest BCUT2D eigenvalue weighted by Gasteiger charge is 2.40. The quantitative estimate of drug-likeness (QED) is 0.835. The van der Waals surface area contributed by atoms with Crippen molar-refractivity contribution >= 4 is 0 Å². The number of nitrogens with zero attached hydrogens (tertiary/aromatic N) is 2. The zero-order valence-electron chi connectivity index (χ0n) is 12.9. The van der Waals surface area contributed by atoms with Crippen molar-refractivity contribution in [2.24, 2.45) is 5.73 Å². The normalized spacial score (nSPS) is 37.7. The van der Waals surface area contributed by atoms with Crippen LogP contribution in [0.3, 0.4) is 0 Å². The summed E-state index contributed by atoms with van der Waals surface area (Å²) in [6, 6.07) is 0.668. The second-order valence-corrected chi connectivity index (χ2v) is 6.53. The Morgan fingerprint density at radius 3 is 2.53 bits per heavy atom. The Kier molecular flexibility index (Phi) is 5.23. The zero-order chi connectivity index (χ0) is 13.9. The molecule has 1 saturated carbocycles. The molecule has 0 aromatic heterocycles. The Morgan fingerprint density at radius 2 is 2.00 bits per heavy atom. The summed E-state index contributed by atoms with van der Waals surface area (Å²) < 4.78 is 5.50. The van der Waals surface area contributed by atoms with Crippen LogP contribution < -0.4 is 5.73 Å². The Morgan fingerprint density at radius 1 is 1.32 bits per heavy atom. The molecule has 1 heterocycles. The molecule has 0 aromatic rings. The lowest BCUT2D eigenvalue weighted by atomic mass is 9.78. The van der Waals surface area contributed by atoms with Crippen molar-refractivity contribution in [1.82, 2.24) is 9.80 Å². The molecule has 2 fully saturated rings. The summed E-state index contributed by atoms with van der Waals surface area (Å²) in [5, 5.41) is 0. The molecule has 112 valence electrons. The summed E-state index contributed by atoms with van der Waals surface area (Å²) in [6.45, 7) is 3.21. The van der Waals surface area contributed by atoms with E-state index in [1.807, 2.05) is 7.11 Å². The first kappa shape index (κ1) is 15.2. The molecule has 1 saturated heterocycles. The molecule has 2 N–H and O–H groups in total. The number of hydrogen-bond acceptors (Lipinski definition) is 4. The lowest BCUT2D eigenvalue weighted by Gasteiger charge is -2.50. The van der Waals surface area contributed by atoms with Gasteiger partial charge in [0, 0.05) is 31.8 Å². The van der Waals surface area contributed by atoms with Gasteiger partial charge in [-0.2, -0.15) is 0 Å². The molecule has 2 aliphatic rings. The predicted octanol–water partition coefficient (Wildman–Crippen LogP) is 1.30. The van der Waals surface area contributed by atoms with Crippen LogP contribution in [-0.4, -0.2) is 68.3 Å². The van der Waals surface area contributed by atoms with E-state index >= 15 is 0 Å². The average molecular weight is 269 g/mol. The Balaban J connectivity index is 2.00. The van der Waals surface area contributed by atoms with Gasteiger partial charge in [-0.15, -0.1) is 0 Å². The lowest BCUT2D eigenvalue weighted by Crippen LogP contribution is -2.60. The SMILES string of the molecule is COC1CCC(CN)(N(C)C2CCCN(C)C2)CC1. The third-order valence-corrected chi connectivity index (χ3v) is 5.47. The van der Waals surface area contributed by atoms with Crippen LogP contribution >= 0.6 is 0 Å². The van der Waals surface area contributed by atoms with Gasteiger partial charge in [-0.3, -0.25) is 4.90 Å². The maximum atomic E-state index is 6.17. The molecular weight excluding hydrogens is 238 g/mol. The molecule has 0 radical (unpaired) electrons. The number of ether oxygens (including phenoxy) is 1. The van der Waals surface area contributed by atoms with Gasteiger partial charge in [-0.05, 0) is 59.2 Å². The summed E-state index contributed by atoms with van der Waals surface area (Å²) in [5.41, 5.74) is 6.38. The van der Waals surface area contributed by atoms with Crippen molar-refractivity contribution < 1.29 is 4.74 Å². The first-order valence-electron chi connectivity index (χ1n) is 7.75. The number of piperidine rings is 1. The van der Waals surface area contributed by atoms with Gasteiger partial charge in [0.25, 0.3) is 0 Å². The Hall–Kier alpha value is -0.160. The van der Waals surface area contributed by atoms with Gasteiger partial charge in [0.15, 0.2) is 0 Å². The summed E-state index contributed by atoms with van der Waals surface area (Å²) in [7, 11) is 6.36. The largest absolute Gasteiger partial charge is 0.381 e. The summed E-state index contributed by atoms with van der Waals surface area (Å²) in [5.74, 6) is 0. The molecule has 0 amide bonds. The minimum absolute atomic E-state index is 0.206. The minimum atomic E-state index is 0.206. The van der Waals surface area contributed by atoms with Crippen molar-refractivity contribution in [2.45, 2.75) is 56.2 Å². The van der Waals surface area contributed by atoms with Gasteiger partial charge in [-0.1, -0.05) is 0 Å². The molecule has 19 heavy (non-hydrogen) atoms. The van der Waals surface area contributed by atoms with Crippen LogP contribution in [0.2, 0.25) is 0 Å². The predicted molar refractivity (Wildman–Crippen MR) is 79.3 cm³/mol. The maximum Gasteiger partial charge on any atom is 0.0572 e. The maximum absolute atomic E-state index is 6.17. The molecule has 1 unspecified atom stereocenters.